The van der Waals surface area contributed by atoms with Crippen molar-refractivity contribution in [3.63, 3.8) is 0 Å². The lowest BCUT2D eigenvalue weighted by atomic mass is 10.0. The summed E-state index contributed by atoms with van der Waals surface area (Å²) < 4.78 is 5.12. The number of carbonyl (C=O) groups excluding carboxylic acids is 1. The number of hydrogen-bond donors (Lipinski definition) is 0. The minimum absolute atomic E-state index is 0.215. The Morgan fingerprint density at radius 1 is 0.543 bits per heavy atom. The van der Waals surface area contributed by atoms with Gasteiger partial charge in [0.15, 0.2) is 0 Å². The second-order valence-corrected chi connectivity index (χ2v) is 10.6. The van der Waals surface area contributed by atoms with E-state index in [0.29, 0.717) is 6.61 Å². The van der Waals surface area contributed by atoms with Crippen LogP contribution in [0, 0.1) is 0 Å². The summed E-state index contributed by atoms with van der Waals surface area (Å²) in [6.07, 6.45) is 25.3. The Morgan fingerprint density at radius 3 is 1.26 bits per heavy atom. The van der Waals surface area contributed by atoms with E-state index in [2.05, 4.69) is 93.9 Å². The lowest BCUT2D eigenvalue weighted by molar-refractivity contribution is -0.139. The highest BCUT2D eigenvalue weighted by molar-refractivity contribution is 9.09. The summed E-state index contributed by atoms with van der Waals surface area (Å²) in [5.41, 5.74) is 8.46. The fourth-order valence-electron chi connectivity index (χ4n) is 3.59. The lowest BCUT2D eigenvalue weighted by Gasteiger charge is -2.04. The number of rotatable bonds is 18. The molecule has 0 aliphatic rings. The molecule has 0 spiro atoms. The van der Waals surface area contributed by atoms with Crippen LogP contribution in [0.15, 0.2) is 69.9 Å². The molecule has 0 N–H and O–H groups in total. The van der Waals surface area contributed by atoms with E-state index >= 15 is 0 Å². The van der Waals surface area contributed by atoms with Gasteiger partial charge in [0.2, 0.25) is 0 Å². The summed E-state index contributed by atoms with van der Waals surface area (Å²) in [6.45, 7) is 15.7. The fourth-order valence-corrected chi connectivity index (χ4v) is 3.75. The Morgan fingerprint density at radius 2 is 0.886 bits per heavy atom. The third kappa shape index (κ3) is 22.6. The molecular weight excluding hydrogens is 496 g/mol. The number of allylic oxidation sites excluding steroid dienone is 11. The largest absolute Gasteiger partial charge is 0.461 e. The first-order valence-electron chi connectivity index (χ1n) is 13.3. The Labute approximate surface area is 225 Å². The monoisotopic (exact) mass is 546 g/mol. The molecule has 3 heteroatoms. The van der Waals surface area contributed by atoms with Gasteiger partial charge in [0.05, 0.1) is 0 Å². The molecule has 0 aliphatic heterocycles. The molecular formula is C32H51BrO2. The number of ether oxygens (including phenoxy) is 1. The van der Waals surface area contributed by atoms with Crippen LogP contribution >= 0.6 is 15.9 Å². The van der Waals surface area contributed by atoms with Crippen molar-refractivity contribution in [2.24, 2.45) is 0 Å². The summed E-state index contributed by atoms with van der Waals surface area (Å²) in [7, 11) is 0. The molecule has 0 bridgehead atoms. The van der Waals surface area contributed by atoms with E-state index in [4.69, 9.17) is 4.74 Å². The summed E-state index contributed by atoms with van der Waals surface area (Å²) in [5, 5.41) is 0.251. The quantitative estimate of drug-likeness (QED) is 0.0738. The van der Waals surface area contributed by atoms with Crippen LogP contribution in [0.5, 0.6) is 0 Å². The summed E-state index contributed by atoms with van der Waals surface area (Å²) in [5.74, 6) is -0.215. The van der Waals surface area contributed by atoms with Crippen molar-refractivity contribution in [2.75, 3.05) is 11.9 Å². The molecule has 0 saturated heterocycles. The maximum absolute atomic E-state index is 11.2. The van der Waals surface area contributed by atoms with Crippen LogP contribution in [0.25, 0.3) is 0 Å². The minimum atomic E-state index is -0.215. The third-order valence-electron chi connectivity index (χ3n) is 5.91. The summed E-state index contributed by atoms with van der Waals surface area (Å²) >= 11 is 3.10. The van der Waals surface area contributed by atoms with Gasteiger partial charge >= 0.3 is 5.97 Å². The second kappa shape index (κ2) is 21.7. The predicted octanol–water partition coefficient (Wildman–Crippen LogP) is 10.5. The summed E-state index contributed by atoms with van der Waals surface area (Å²) in [4.78, 5) is 11.2. The third-order valence-corrected chi connectivity index (χ3v) is 6.37. The van der Waals surface area contributed by atoms with E-state index in [1.165, 1.54) is 40.7 Å². The Hall–Kier alpha value is -1.61. The molecule has 0 saturated carbocycles. The van der Waals surface area contributed by atoms with Gasteiger partial charge in [-0.25, -0.2) is 0 Å². The second-order valence-electron chi connectivity index (χ2n) is 10.1. The van der Waals surface area contributed by atoms with E-state index in [1.807, 2.05) is 6.92 Å². The van der Waals surface area contributed by atoms with Crippen LogP contribution in [0.2, 0.25) is 0 Å². The van der Waals surface area contributed by atoms with Crippen LogP contribution in [-0.4, -0.2) is 17.9 Å². The lowest BCUT2D eigenvalue weighted by Crippen LogP contribution is -2.07. The average Bonchev–Trinajstić information content (AvgIpc) is 2.80. The number of carbonyl (C=O) groups is 1. The molecule has 0 rings (SSSR count). The maximum atomic E-state index is 11.2. The van der Waals surface area contributed by atoms with E-state index < -0.39 is 0 Å². The van der Waals surface area contributed by atoms with Gasteiger partial charge in [-0.2, -0.15) is 0 Å². The van der Waals surface area contributed by atoms with Gasteiger partial charge in [0.1, 0.15) is 11.9 Å². The number of alkyl halides is 1. The molecule has 0 aliphatic carbocycles. The van der Waals surface area contributed by atoms with Crippen molar-refractivity contribution >= 4 is 21.9 Å². The fraction of sp³-hybridized carbons (Fsp3) is 0.594. The van der Waals surface area contributed by atoms with Crippen LogP contribution in [0.1, 0.15) is 113 Å². The molecule has 0 aromatic rings. The summed E-state index contributed by atoms with van der Waals surface area (Å²) in [6, 6.07) is 0. The zero-order valence-electron chi connectivity index (χ0n) is 23.6. The molecule has 0 radical (unpaired) electrons. The SMILES string of the molecule is CC(C)=CCCC(C)=CCCC(C)=CCCC=C(C)CCC=C(C)CCC=C(C)COC(=O)CBr. The van der Waals surface area contributed by atoms with Crippen molar-refractivity contribution in [3.8, 4) is 0 Å². The van der Waals surface area contributed by atoms with Crippen LogP contribution in [0.3, 0.4) is 0 Å². The smallest absolute Gasteiger partial charge is 0.316 e. The van der Waals surface area contributed by atoms with Gasteiger partial charge in [-0.1, -0.05) is 80.3 Å². The molecule has 2 nitrogen and oxygen atoms in total. The van der Waals surface area contributed by atoms with Crippen molar-refractivity contribution < 1.29 is 9.53 Å². The average molecular weight is 548 g/mol. The minimum Gasteiger partial charge on any atom is -0.461 e. The Balaban J connectivity index is 4.11. The van der Waals surface area contributed by atoms with Gasteiger partial charge in [0.25, 0.3) is 0 Å². The number of halogens is 1. The first kappa shape index (κ1) is 33.4. The highest BCUT2D eigenvalue weighted by Crippen LogP contribution is 2.14. The maximum Gasteiger partial charge on any atom is 0.316 e. The van der Waals surface area contributed by atoms with Crippen molar-refractivity contribution in [1.29, 1.82) is 0 Å². The molecule has 0 heterocycles. The van der Waals surface area contributed by atoms with Crippen LogP contribution in [0.4, 0.5) is 0 Å². The first-order chi connectivity index (χ1) is 16.6. The molecule has 0 atom stereocenters. The van der Waals surface area contributed by atoms with Gasteiger partial charge < -0.3 is 4.74 Å². The Kier molecular flexibility index (Phi) is 20.7. The Bertz CT molecular complexity index is 786. The number of esters is 1. The van der Waals surface area contributed by atoms with Crippen molar-refractivity contribution in [2.45, 2.75) is 113 Å². The van der Waals surface area contributed by atoms with Crippen molar-refractivity contribution in [3.05, 3.63) is 69.9 Å². The number of unbranched alkanes of at least 4 members (excludes halogenated alkanes) is 1. The molecule has 0 fully saturated rings. The first-order valence-corrected chi connectivity index (χ1v) is 14.4. The highest BCUT2D eigenvalue weighted by atomic mass is 79.9. The normalized spacial score (nSPS) is 13.8. The van der Waals surface area contributed by atoms with Gasteiger partial charge in [-0.3, -0.25) is 4.79 Å². The molecule has 0 aromatic heterocycles. The van der Waals surface area contributed by atoms with E-state index in [0.717, 1.165) is 56.9 Å². The standard InChI is InChI=1S/C32H51BrO2/c1-26(2)14-10-17-29(5)20-11-18-27(3)15-8-9-16-28(4)19-12-21-30(6)22-13-23-31(7)25-35-32(34)24-33/h14-16,20-21,23H,8-13,17-19,22,24-25H2,1-7H3. The molecule has 0 unspecified atom stereocenters. The van der Waals surface area contributed by atoms with E-state index in [1.54, 1.807) is 0 Å². The van der Waals surface area contributed by atoms with Gasteiger partial charge in [0, 0.05) is 0 Å². The van der Waals surface area contributed by atoms with Crippen LogP contribution < -0.4 is 0 Å². The van der Waals surface area contributed by atoms with Crippen LogP contribution in [-0.2, 0) is 9.53 Å². The molecule has 35 heavy (non-hydrogen) atoms. The zero-order chi connectivity index (χ0) is 26.5. The topological polar surface area (TPSA) is 26.3 Å². The molecule has 0 aromatic carbocycles. The molecule has 0 amide bonds. The molecule has 198 valence electrons. The van der Waals surface area contributed by atoms with Crippen molar-refractivity contribution in [1.82, 2.24) is 0 Å². The highest BCUT2D eigenvalue weighted by Gasteiger charge is 1.99. The predicted molar refractivity (Wildman–Crippen MR) is 159 cm³/mol. The van der Waals surface area contributed by atoms with E-state index in [-0.39, 0.29) is 11.3 Å². The number of hydrogen-bond acceptors (Lipinski definition) is 2. The van der Waals surface area contributed by atoms with Gasteiger partial charge in [-0.05, 0) is 118 Å². The zero-order valence-corrected chi connectivity index (χ0v) is 25.2. The van der Waals surface area contributed by atoms with E-state index in [9.17, 15) is 4.79 Å². The van der Waals surface area contributed by atoms with Gasteiger partial charge in [-0.15, -0.1) is 0 Å².